The van der Waals surface area contributed by atoms with E-state index in [1.165, 1.54) is 4.72 Å². The van der Waals surface area contributed by atoms with Crippen LogP contribution in [0.4, 0.5) is 0 Å². The minimum Gasteiger partial charge on any atom is -0.735 e. The van der Waals surface area contributed by atoms with E-state index in [1.54, 1.807) is 7.05 Å². The fraction of sp³-hybridized carbons (Fsp3) is 1.00. The van der Waals surface area contributed by atoms with Crippen LogP contribution in [0.2, 0.25) is 0 Å². The molecule has 0 rings (SSSR count). The molecule has 8 heavy (non-hydrogen) atoms. The van der Waals surface area contributed by atoms with Crippen LogP contribution < -0.4 is 10.5 Å². The van der Waals surface area contributed by atoms with Gasteiger partial charge in [-0.2, -0.15) is 0 Å². The zero-order valence-corrected chi connectivity index (χ0v) is 5.66. The molecule has 52 valence electrons. The third-order valence-electron chi connectivity index (χ3n) is 0.250. The van der Waals surface area contributed by atoms with Crippen molar-refractivity contribution in [3.05, 3.63) is 0 Å². The number of hydrogen-bond acceptors (Lipinski definition) is 3. The monoisotopic (exact) mass is 142 g/mol. The Labute approximate surface area is 48.8 Å². The summed E-state index contributed by atoms with van der Waals surface area (Å²) in [6.45, 7) is 0. The van der Waals surface area contributed by atoms with Crippen molar-refractivity contribution in [3.63, 3.8) is 0 Å². The van der Waals surface area contributed by atoms with Crippen LogP contribution in [-0.4, -0.2) is 27.1 Å². The van der Waals surface area contributed by atoms with E-state index in [0.29, 0.717) is 0 Å². The highest BCUT2D eigenvalue weighted by atomic mass is 32.2. The third kappa shape index (κ3) is 17.0. The van der Waals surface area contributed by atoms with E-state index in [-0.39, 0.29) is 0 Å². The average Bonchev–Trinajstić information content (AvgIpc) is 1.71. The quantitative estimate of drug-likeness (QED) is 0.397. The number of quaternary nitrogens is 1. The van der Waals surface area contributed by atoms with Crippen LogP contribution in [0.3, 0.4) is 0 Å². The molecule has 0 saturated heterocycles. The highest BCUT2D eigenvalue weighted by molar-refractivity contribution is 7.83. The SMILES string of the molecule is CNS(=O)(=O)[O-].C[NH3+]. The van der Waals surface area contributed by atoms with Crippen LogP contribution in [-0.2, 0) is 10.3 Å². The molecule has 0 bridgehead atoms. The summed E-state index contributed by atoms with van der Waals surface area (Å²) < 4.78 is 29.5. The van der Waals surface area contributed by atoms with Crippen molar-refractivity contribution in [2.24, 2.45) is 0 Å². The van der Waals surface area contributed by atoms with Crippen molar-refractivity contribution < 1.29 is 18.7 Å². The summed E-state index contributed by atoms with van der Waals surface area (Å²) >= 11 is 0. The lowest BCUT2D eigenvalue weighted by molar-refractivity contribution is -0.325. The van der Waals surface area contributed by atoms with Crippen LogP contribution in [0.25, 0.3) is 0 Å². The topological polar surface area (TPSA) is 96.9 Å². The lowest BCUT2D eigenvalue weighted by Crippen LogP contribution is -2.40. The van der Waals surface area contributed by atoms with Gasteiger partial charge in [0.15, 0.2) is 10.3 Å². The van der Waals surface area contributed by atoms with Crippen LogP contribution in [0.15, 0.2) is 0 Å². The van der Waals surface area contributed by atoms with Crippen molar-refractivity contribution in [2.45, 2.75) is 0 Å². The van der Waals surface area contributed by atoms with E-state index >= 15 is 0 Å². The zero-order chi connectivity index (χ0) is 7.21. The van der Waals surface area contributed by atoms with Crippen LogP contribution in [0.1, 0.15) is 0 Å². The van der Waals surface area contributed by atoms with Gasteiger partial charge in [-0.25, -0.2) is 13.1 Å². The lowest BCUT2D eigenvalue weighted by Gasteiger charge is -1.99. The first kappa shape index (κ1) is 10.7. The first-order chi connectivity index (χ1) is 3.56. The molecule has 0 aliphatic rings. The van der Waals surface area contributed by atoms with E-state index in [1.807, 2.05) is 0 Å². The molecule has 0 aromatic heterocycles. The third-order valence-corrected chi connectivity index (χ3v) is 0.750. The first-order valence-electron chi connectivity index (χ1n) is 1.91. The molecule has 0 aromatic carbocycles. The molecule has 0 aromatic rings. The van der Waals surface area contributed by atoms with Gasteiger partial charge in [0.2, 0.25) is 0 Å². The minimum atomic E-state index is -4.16. The van der Waals surface area contributed by atoms with Crippen molar-refractivity contribution in [1.29, 1.82) is 0 Å². The Balaban J connectivity index is 0. The number of nitrogens with one attached hydrogen (secondary N) is 1. The molecule has 4 N–H and O–H groups in total. The van der Waals surface area contributed by atoms with Crippen molar-refractivity contribution >= 4 is 10.3 Å². The molecule has 0 heterocycles. The van der Waals surface area contributed by atoms with E-state index in [4.69, 9.17) is 0 Å². The van der Waals surface area contributed by atoms with Gasteiger partial charge in [0.1, 0.15) is 0 Å². The smallest absolute Gasteiger partial charge is 0.159 e. The summed E-state index contributed by atoms with van der Waals surface area (Å²) in [5, 5.41) is 0. The predicted octanol–water partition coefficient (Wildman–Crippen LogP) is -2.48. The van der Waals surface area contributed by atoms with Gasteiger partial charge in [-0.05, 0) is 7.05 Å². The normalized spacial score (nSPS) is 9.50. The van der Waals surface area contributed by atoms with Gasteiger partial charge in [0, 0.05) is 0 Å². The van der Waals surface area contributed by atoms with Gasteiger partial charge in [-0.15, -0.1) is 0 Å². The summed E-state index contributed by atoms with van der Waals surface area (Å²) in [6.07, 6.45) is 0. The largest absolute Gasteiger partial charge is 0.735 e. The lowest BCUT2D eigenvalue weighted by atomic mass is 11.6. The summed E-state index contributed by atoms with van der Waals surface area (Å²) in [4.78, 5) is 0. The second kappa shape index (κ2) is 4.98. The maximum atomic E-state index is 9.33. The summed E-state index contributed by atoms with van der Waals surface area (Å²) in [5.41, 5.74) is 3.25. The Kier molecular flexibility index (Phi) is 6.68. The van der Waals surface area contributed by atoms with Crippen LogP contribution >= 0.6 is 0 Å². The van der Waals surface area contributed by atoms with Crippen molar-refractivity contribution in [1.82, 2.24) is 4.72 Å². The molecule has 0 spiro atoms. The predicted molar refractivity (Wildman–Crippen MR) is 27.6 cm³/mol. The molecule has 0 atom stereocenters. The Morgan fingerprint density at radius 3 is 1.62 bits per heavy atom. The standard InChI is InChI=1S/CH5NO3S.CH5N/c1-2-6(3,4)5;1-2/h2H,1H3,(H,3,4,5);2H2,1H3. The second-order valence-corrected chi connectivity index (χ2v) is 1.97. The first-order valence-corrected chi connectivity index (χ1v) is 3.32. The van der Waals surface area contributed by atoms with Gasteiger partial charge in [-0.1, -0.05) is 0 Å². The average molecular weight is 142 g/mol. The maximum Gasteiger partial charge on any atom is 0.159 e. The van der Waals surface area contributed by atoms with Gasteiger partial charge in [-0.3, -0.25) is 0 Å². The molecule has 5 nitrogen and oxygen atoms in total. The molecule has 0 unspecified atom stereocenters. The Hall–Kier alpha value is -0.170. The molecule has 6 heteroatoms. The zero-order valence-electron chi connectivity index (χ0n) is 4.84. The summed E-state index contributed by atoms with van der Waals surface area (Å²) in [5.74, 6) is 0. The molecule has 0 aliphatic heterocycles. The van der Waals surface area contributed by atoms with E-state index < -0.39 is 10.3 Å². The molecule has 0 saturated carbocycles. The highest BCUT2D eigenvalue weighted by Crippen LogP contribution is 1.60. The van der Waals surface area contributed by atoms with Gasteiger partial charge < -0.3 is 10.3 Å². The molecular formula is C2H10N2O3S. The van der Waals surface area contributed by atoms with Crippen LogP contribution in [0, 0.1) is 0 Å². The summed E-state index contributed by atoms with van der Waals surface area (Å²) in [7, 11) is -1.35. The summed E-state index contributed by atoms with van der Waals surface area (Å²) in [6, 6.07) is 0. The van der Waals surface area contributed by atoms with Crippen LogP contribution in [0.5, 0.6) is 0 Å². The van der Waals surface area contributed by atoms with Gasteiger partial charge >= 0.3 is 0 Å². The number of hydrogen-bond donors (Lipinski definition) is 2. The van der Waals surface area contributed by atoms with Gasteiger partial charge in [0.05, 0.1) is 7.05 Å². The van der Waals surface area contributed by atoms with Gasteiger partial charge in [0.25, 0.3) is 0 Å². The fourth-order valence-electron chi connectivity index (χ4n) is 0. The molecule has 0 amide bonds. The highest BCUT2D eigenvalue weighted by Gasteiger charge is 1.77. The van der Waals surface area contributed by atoms with Crippen molar-refractivity contribution in [2.75, 3.05) is 14.1 Å². The molecule has 0 aliphatic carbocycles. The van der Waals surface area contributed by atoms with Crippen molar-refractivity contribution in [3.8, 4) is 0 Å². The molecule has 0 fully saturated rings. The number of rotatable bonds is 1. The fourth-order valence-corrected chi connectivity index (χ4v) is 0. The minimum absolute atomic E-state index is 1.06. The van der Waals surface area contributed by atoms with E-state index in [0.717, 1.165) is 7.05 Å². The Bertz CT molecular complexity index is 117. The Morgan fingerprint density at radius 1 is 1.50 bits per heavy atom. The van der Waals surface area contributed by atoms with E-state index in [9.17, 15) is 13.0 Å². The molecule has 0 radical (unpaired) electrons. The second-order valence-electron chi connectivity index (χ2n) is 0.658. The Morgan fingerprint density at radius 2 is 1.62 bits per heavy atom. The molecular weight excluding hydrogens is 132 g/mol. The van der Waals surface area contributed by atoms with E-state index in [2.05, 4.69) is 5.73 Å². The maximum absolute atomic E-state index is 9.33.